The first-order valence-electron chi connectivity index (χ1n) is 10.7. The van der Waals surface area contributed by atoms with Gasteiger partial charge in [0.05, 0.1) is 15.9 Å². The summed E-state index contributed by atoms with van der Waals surface area (Å²) in [7, 11) is -3.81. The van der Waals surface area contributed by atoms with Crippen LogP contribution < -0.4 is 15.7 Å². The molecule has 1 amide bonds. The van der Waals surface area contributed by atoms with E-state index in [0.29, 0.717) is 33.5 Å². The molecule has 0 aliphatic carbocycles. The predicted octanol–water partition coefficient (Wildman–Crippen LogP) is 4.52. The van der Waals surface area contributed by atoms with Gasteiger partial charge in [0.1, 0.15) is 0 Å². The number of anilines is 2. The van der Waals surface area contributed by atoms with Crippen LogP contribution in [0.15, 0.2) is 70.4 Å². The van der Waals surface area contributed by atoms with Crippen LogP contribution in [0.1, 0.15) is 42.3 Å². The fraction of sp³-hybridized carbons (Fsp3) is 0.200. The summed E-state index contributed by atoms with van der Waals surface area (Å²) in [5, 5.41) is 2.77. The normalized spacial score (nSPS) is 12.0. The highest BCUT2D eigenvalue weighted by Gasteiger charge is 2.21. The Balaban J connectivity index is 1.51. The van der Waals surface area contributed by atoms with E-state index in [9.17, 15) is 18.0 Å². The van der Waals surface area contributed by atoms with Crippen LogP contribution in [0.3, 0.4) is 0 Å². The summed E-state index contributed by atoms with van der Waals surface area (Å²) >= 11 is 0. The van der Waals surface area contributed by atoms with Crippen LogP contribution in [0.5, 0.6) is 0 Å². The Labute approximate surface area is 197 Å². The fourth-order valence-electron chi connectivity index (χ4n) is 3.57. The summed E-state index contributed by atoms with van der Waals surface area (Å²) in [6, 6.07) is 16.7. The summed E-state index contributed by atoms with van der Waals surface area (Å²) in [5.74, 6) is -0.361. The number of carbonyl (C=O) groups excluding carboxylic acids is 1. The van der Waals surface area contributed by atoms with E-state index in [4.69, 9.17) is 0 Å². The van der Waals surface area contributed by atoms with Crippen LogP contribution in [-0.4, -0.2) is 24.3 Å². The minimum atomic E-state index is -3.81. The van der Waals surface area contributed by atoms with Crippen molar-refractivity contribution >= 4 is 38.3 Å². The first-order valence-corrected chi connectivity index (χ1v) is 12.2. The van der Waals surface area contributed by atoms with Gasteiger partial charge >= 0.3 is 5.69 Å². The molecule has 0 fully saturated rings. The predicted molar refractivity (Wildman–Crippen MR) is 134 cm³/mol. The average molecular weight is 479 g/mol. The number of hydrogen-bond acceptors (Lipinski definition) is 4. The summed E-state index contributed by atoms with van der Waals surface area (Å²) < 4.78 is 28.7. The Bertz CT molecular complexity index is 1540. The first kappa shape index (κ1) is 23.3. The second-order valence-corrected chi connectivity index (χ2v) is 10.9. The van der Waals surface area contributed by atoms with Crippen LogP contribution in [-0.2, 0) is 15.4 Å². The maximum absolute atomic E-state index is 13.1. The van der Waals surface area contributed by atoms with E-state index in [0.717, 1.165) is 5.56 Å². The third kappa shape index (κ3) is 4.89. The summed E-state index contributed by atoms with van der Waals surface area (Å²) in [5.41, 5.74) is 3.52. The van der Waals surface area contributed by atoms with Gasteiger partial charge in [-0.25, -0.2) is 13.2 Å². The van der Waals surface area contributed by atoms with Crippen molar-refractivity contribution in [2.24, 2.45) is 0 Å². The number of H-pyrrole nitrogens is 2. The average Bonchev–Trinajstić information content (AvgIpc) is 3.12. The molecule has 34 heavy (non-hydrogen) atoms. The van der Waals surface area contributed by atoms with Gasteiger partial charge in [0.2, 0.25) is 0 Å². The number of rotatable bonds is 5. The number of amides is 1. The highest BCUT2D eigenvalue weighted by molar-refractivity contribution is 7.92. The molecule has 0 bridgehead atoms. The van der Waals surface area contributed by atoms with E-state index < -0.39 is 10.0 Å². The van der Waals surface area contributed by atoms with Crippen molar-refractivity contribution in [1.82, 2.24) is 9.97 Å². The lowest BCUT2D eigenvalue weighted by Crippen LogP contribution is -2.17. The molecule has 4 rings (SSSR count). The molecule has 0 atom stereocenters. The quantitative estimate of drug-likeness (QED) is 0.337. The highest BCUT2D eigenvalue weighted by Crippen LogP contribution is 2.28. The number of imidazole rings is 1. The Morgan fingerprint density at radius 2 is 1.50 bits per heavy atom. The molecule has 0 aliphatic heterocycles. The van der Waals surface area contributed by atoms with Crippen molar-refractivity contribution in [2.75, 3.05) is 10.0 Å². The van der Waals surface area contributed by atoms with Crippen LogP contribution in [0.25, 0.3) is 11.0 Å². The summed E-state index contributed by atoms with van der Waals surface area (Å²) in [6.07, 6.45) is 0. The lowest BCUT2D eigenvalue weighted by atomic mass is 9.87. The molecule has 0 unspecified atom stereocenters. The first-order chi connectivity index (χ1) is 15.9. The molecule has 0 saturated heterocycles. The number of nitrogens with one attached hydrogen (secondary N) is 4. The molecule has 1 heterocycles. The zero-order valence-electron chi connectivity index (χ0n) is 19.3. The van der Waals surface area contributed by atoms with Crippen molar-refractivity contribution in [2.45, 2.75) is 38.0 Å². The van der Waals surface area contributed by atoms with Crippen molar-refractivity contribution in [3.8, 4) is 0 Å². The number of benzene rings is 3. The van der Waals surface area contributed by atoms with Gasteiger partial charge in [-0.05, 0) is 72.0 Å². The van der Waals surface area contributed by atoms with E-state index in [-0.39, 0.29) is 21.9 Å². The lowest BCUT2D eigenvalue weighted by Gasteiger charge is -2.21. The third-order valence-corrected chi connectivity index (χ3v) is 7.04. The van der Waals surface area contributed by atoms with Gasteiger partial charge in [-0.2, -0.15) is 0 Å². The summed E-state index contributed by atoms with van der Waals surface area (Å²) in [4.78, 5) is 29.5. The van der Waals surface area contributed by atoms with E-state index in [1.807, 2.05) is 32.9 Å². The monoisotopic (exact) mass is 478 g/mol. The molecule has 4 N–H and O–H groups in total. The van der Waals surface area contributed by atoms with Gasteiger partial charge < -0.3 is 15.3 Å². The molecule has 0 radical (unpaired) electrons. The topological polar surface area (TPSA) is 124 Å². The van der Waals surface area contributed by atoms with Crippen molar-refractivity contribution in [3.05, 3.63) is 87.8 Å². The van der Waals surface area contributed by atoms with Gasteiger partial charge in [-0.3, -0.25) is 9.52 Å². The molecular weight excluding hydrogens is 452 g/mol. The number of carbonyl (C=O) groups is 1. The summed E-state index contributed by atoms with van der Waals surface area (Å²) in [6.45, 7) is 7.85. The molecule has 0 aliphatic rings. The van der Waals surface area contributed by atoms with Gasteiger partial charge in [0, 0.05) is 16.9 Å². The number of aromatic nitrogens is 2. The number of aryl methyl sites for hydroxylation is 1. The molecule has 0 saturated carbocycles. The number of fused-ring (bicyclic) bond motifs is 1. The lowest BCUT2D eigenvalue weighted by molar-refractivity contribution is 0.102. The van der Waals surface area contributed by atoms with Crippen LogP contribution >= 0.6 is 0 Å². The molecule has 0 spiro atoms. The molecule has 3 aromatic carbocycles. The largest absolute Gasteiger partial charge is 0.323 e. The molecule has 8 nitrogen and oxygen atoms in total. The van der Waals surface area contributed by atoms with Crippen molar-refractivity contribution in [3.63, 3.8) is 0 Å². The van der Waals surface area contributed by atoms with Gasteiger partial charge in [-0.15, -0.1) is 0 Å². The smallest absolute Gasteiger partial charge is 0.322 e. The SMILES string of the molecule is Cc1ccc(C(C)(C)C)cc1S(=O)(=O)Nc1ccc(C(=O)Nc2ccc3[nH]c(=O)[nH]c3c2)cc1. The van der Waals surface area contributed by atoms with Gasteiger partial charge in [0.25, 0.3) is 15.9 Å². The van der Waals surface area contributed by atoms with Gasteiger partial charge in [-0.1, -0.05) is 32.9 Å². The molecule has 176 valence electrons. The van der Waals surface area contributed by atoms with Gasteiger partial charge in [0.15, 0.2) is 0 Å². The standard InChI is InChI=1S/C25H26N4O4S/c1-15-5-8-17(25(2,3)4)13-22(15)34(32,33)29-18-9-6-16(7-10-18)23(30)26-19-11-12-20-21(14-19)28-24(31)27-20/h5-14,29H,1-4H3,(H,26,30)(H2,27,28,31). The van der Waals surface area contributed by atoms with E-state index in [1.54, 1.807) is 55.5 Å². The highest BCUT2D eigenvalue weighted by atomic mass is 32.2. The second kappa shape index (κ2) is 8.49. The Morgan fingerprint density at radius 3 is 2.18 bits per heavy atom. The molecule has 1 aromatic heterocycles. The minimum Gasteiger partial charge on any atom is -0.322 e. The van der Waals surface area contributed by atoms with Crippen LogP contribution in [0.2, 0.25) is 0 Å². The minimum absolute atomic E-state index is 0.187. The third-order valence-electron chi connectivity index (χ3n) is 5.52. The second-order valence-electron chi connectivity index (χ2n) is 9.21. The van der Waals surface area contributed by atoms with E-state index >= 15 is 0 Å². The molecule has 9 heteroatoms. The Morgan fingerprint density at radius 1 is 0.853 bits per heavy atom. The number of aromatic amines is 2. The van der Waals surface area contributed by atoms with Crippen LogP contribution in [0, 0.1) is 6.92 Å². The fourth-order valence-corrected chi connectivity index (χ4v) is 4.90. The maximum atomic E-state index is 13.1. The zero-order valence-corrected chi connectivity index (χ0v) is 20.1. The number of hydrogen-bond donors (Lipinski definition) is 4. The zero-order chi connectivity index (χ0) is 24.7. The Kier molecular flexibility index (Phi) is 5.82. The number of sulfonamides is 1. The van der Waals surface area contributed by atoms with E-state index in [1.165, 1.54) is 0 Å². The van der Waals surface area contributed by atoms with Crippen molar-refractivity contribution in [1.29, 1.82) is 0 Å². The Hall–Kier alpha value is -3.85. The maximum Gasteiger partial charge on any atom is 0.323 e. The van der Waals surface area contributed by atoms with Crippen LogP contribution in [0.4, 0.5) is 11.4 Å². The van der Waals surface area contributed by atoms with Crippen molar-refractivity contribution < 1.29 is 13.2 Å². The van der Waals surface area contributed by atoms with E-state index in [2.05, 4.69) is 20.0 Å². The molecule has 4 aromatic rings. The molecular formula is C25H26N4O4S.